The van der Waals surface area contributed by atoms with E-state index in [2.05, 4.69) is 22.0 Å². The molecular formula is C9H8BrNO. The number of nitrogens with zero attached hydrogens (tertiary/aromatic N) is 1. The highest BCUT2D eigenvalue weighted by atomic mass is 79.9. The van der Waals surface area contributed by atoms with Crippen LogP contribution in [-0.4, -0.2) is 6.61 Å². The molecule has 12 heavy (non-hydrogen) atoms. The third-order valence-corrected chi connectivity index (χ3v) is 1.77. The highest BCUT2D eigenvalue weighted by Gasteiger charge is 1.98. The van der Waals surface area contributed by atoms with Gasteiger partial charge in [-0.25, -0.2) is 0 Å². The van der Waals surface area contributed by atoms with Crippen LogP contribution in [0.4, 0.5) is 0 Å². The summed E-state index contributed by atoms with van der Waals surface area (Å²) in [7, 11) is 0. The van der Waals surface area contributed by atoms with E-state index in [0.29, 0.717) is 12.2 Å². The summed E-state index contributed by atoms with van der Waals surface area (Å²) < 4.78 is 6.11. The predicted octanol–water partition coefficient (Wildman–Crippen LogP) is 2.72. The first-order valence-corrected chi connectivity index (χ1v) is 4.39. The third kappa shape index (κ3) is 2.24. The molecule has 0 heterocycles. The lowest BCUT2D eigenvalue weighted by Crippen LogP contribution is -1.91. The molecular weight excluding hydrogens is 218 g/mol. The van der Waals surface area contributed by atoms with Gasteiger partial charge in [-0.05, 0) is 25.1 Å². The van der Waals surface area contributed by atoms with Crippen LogP contribution in [-0.2, 0) is 0 Å². The molecule has 1 aromatic carbocycles. The first-order chi connectivity index (χ1) is 5.76. The predicted molar refractivity (Wildman–Crippen MR) is 50.0 cm³/mol. The Kier molecular flexibility index (Phi) is 3.12. The number of rotatable bonds is 2. The lowest BCUT2D eigenvalue weighted by Gasteiger charge is -2.02. The molecule has 0 atom stereocenters. The van der Waals surface area contributed by atoms with Crippen molar-refractivity contribution in [1.82, 2.24) is 0 Å². The minimum atomic E-state index is 0.604. The molecule has 0 aliphatic rings. The average Bonchev–Trinajstić information content (AvgIpc) is 2.04. The van der Waals surface area contributed by atoms with Crippen LogP contribution in [0.1, 0.15) is 12.5 Å². The summed E-state index contributed by atoms with van der Waals surface area (Å²) in [6.07, 6.45) is 0. The van der Waals surface area contributed by atoms with Gasteiger partial charge in [-0.2, -0.15) is 5.26 Å². The minimum Gasteiger partial charge on any atom is -0.494 e. The van der Waals surface area contributed by atoms with Crippen LogP contribution in [0.3, 0.4) is 0 Å². The van der Waals surface area contributed by atoms with Crippen LogP contribution < -0.4 is 4.74 Å². The molecule has 0 N–H and O–H groups in total. The summed E-state index contributed by atoms with van der Waals surface area (Å²) >= 11 is 3.29. The lowest BCUT2D eigenvalue weighted by molar-refractivity contribution is 0.340. The molecule has 0 aromatic heterocycles. The van der Waals surface area contributed by atoms with Crippen molar-refractivity contribution in [2.24, 2.45) is 0 Å². The number of hydrogen-bond donors (Lipinski definition) is 0. The zero-order chi connectivity index (χ0) is 8.97. The highest BCUT2D eigenvalue weighted by molar-refractivity contribution is 9.10. The first kappa shape index (κ1) is 9.08. The normalized spacial score (nSPS) is 9.08. The maximum Gasteiger partial charge on any atom is 0.121 e. The molecule has 3 heteroatoms. The van der Waals surface area contributed by atoms with Gasteiger partial charge in [0.2, 0.25) is 0 Å². The second-order valence-electron chi connectivity index (χ2n) is 2.22. The third-order valence-electron chi connectivity index (χ3n) is 1.31. The van der Waals surface area contributed by atoms with Gasteiger partial charge in [0, 0.05) is 4.47 Å². The maximum atomic E-state index is 8.63. The minimum absolute atomic E-state index is 0.604. The van der Waals surface area contributed by atoms with Gasteiger partial charge in [0.25, 0.3) is 0 Å². The monoisotopic (exact) mass is 225 g/mol. The van der Waals surface area contributed by atoms with Crippen molar-refractivity contribution in [2.75, 3.05) is 6.61 Å². The molecule has 0 fully saturated rings. The van der Waals surface area contributed by atoms with E-state index in [4.69, 9.17) is 10.00 Å². The fraction of sp³-hybridized carbons (Fsp3) is 0.222. The van der Waals surface area contributed by atoms with Gasteiger partial charge < -0.3 is 4.74 Å². The van der Waals surface area contributed by atoms with Crippen molar-refractivity contribution >= 4 is 15.9 Å². The molecule has 1 rings (SSSR count). The van der Waals surface area contributed by atoms with Gasteiger partial charge in [-0.15, -0.1) is 0 Å². The van der Waals surface area contributed by atoms with Gasteiger partial charge >= 0.3 is 0 Å². The van der Waals surface area contributed by atoms with Crippen LogP contribution in [0.25, 0.3) is 0 Å². The van der Waals surface area contributed by atoms with Crippen molar-refractivity contribution in [3.05, 3.63) is 28.2 Å². The molecule has 0 amide bonds. The van der Waals surface area contributed by atoms with E-state index >= 15 is 0 Å². The van der Waals surface area contributed by atoms with Gasteiger partial charge in [-0.1, -0.05) is 15.9 Å². The van der Waals surface area contributed by atoms with Gasteiger partial charge in [0.1, 0.15) is 5.75 Å². The van der Waals surface area contributed by atoms with Crippen LogP contribution >= 0.6 is 15.9 Å². The second-order valence-corrected chi connectivity index (χ2v) is 3.14. The van der Waals surface area contributed by atoms with E-state index in [9.17, 15) is 0 Å². The topological polar surface area (TPSA) is 33.0 Å². The van der Waals surface area contributed by atoms with Crippen molar-refractivity contribution in [3.63, 3.8) is 0 Å². The summed E-state index contributed by atoms with van der Waals surface area (Å²) in [5, 5.41) is 8.63. The lowest BCUT2D eigenvalue weighted by atomic mass is 10.2. The van der Waals surface area contributed by atoms with Crippen LogP contribution in [0.15, 0.2) is 22.7 Å². The van der Waals surface area contributed by atoms with Crippen LogP contribution in [0, 0.1) is 11.3 Å². The smallest absolute Gasteiger partial charge is 0.121 e. The number of nitriles is 1. The Morgan fingerprint density at radius 2 is 2.25 bits per heavy atom. The van der Waals surface area contributed by atoms with Gasteiger partial charge in [0.15, 0.2) is 0 Å². The van der Waals surface area contributed by atoms with Crippen LogP contribution in [0.5, 0.6) is 5.75 Å². The van der Waals surface area contributed by atoms with E-state index in [1.807, 2.05) is 13.0 Å². The zero-order valence-electron chi connectivity index (χ0n) is 6.67. The summed E-state index contributed by atoms with van der Waals surface area (Å²) in [5.41, 5.74) is 0.604. The van der Waals surface area contributed by atoms with E-state index in [0.717, 1.165) is 10.2 Å². The Bertz CT molecular complexity index is 317. The SMILES string of the molecule is CCOc1cc(Br)cc(C#N)c1. The summed E-state index contributed by atoms with van der Waals surface area (Å²) in [6.45, 7) is 2.52. The van der Waals surface area contributed by atoms with E-state index in [1.165, 1.54) is 0 Å². The summed E-state index contributed by atoms with van der Waals surface area (Å²) in [6, 6.07) is 7.36. The number of benzene rings is 1. The molecule has 62 valence electrons. The molecule has 0 spiro atoms. The summed E-state index contributed by atoms with van der Waals surface area (Å²) in [5.74, 6) is 0.725. The highest BCUT2D eigenvalue weighted by Crippen LogP contribution is 2.20. The second kappa shape index (κ2) is 4.13. The molecule has 0 bridgehead atoms. The Hall–Kier alpha value is -1.01. The van der Waals surface area contributed by atoms with Gasteiger partial charge in [-0.3, -0.25) is 0 Å². The van der Waals surface area contributed by atoms with E-state index in [1.54, 1.807) is 12.1 Å². The quantitative estimate of drug-likeness (QED) is 0.776. The number of ether oxygens (including phenoxy) is 1. The fourth-order valence-corrected chi connectivity index (χ4v) is 1.35. The summed E-state index contributed by atoms with van der Waals surface area (Å²) in [4.78, 5) is 0. The van der Waals surface area contributed by atoms with Crippen molar-refractivity contribution in [3.8, 4) is 11.8 Å². The fourth-order valence-electron chi connectivity index (χ4n) is 0.877. The largest absolute Gasteiger partial charge is 0.494 e. The first-order valence-electron chi connectivity index (χ1n) is 3.59. The van der Waals surface area contributed by atoms with Crippen LogP contribution in [0.2, 0.25) is 0 Å². The Morgan fingerprint density at radius 3 is 2.83 bits per heavy atom. The Balaban J connectivity index is 3.00. The molecule has 0 aliphatic heterocycles. The molecule has 2 nitrogen and oxygen atoms in total. The maximum absolute atomic E-state index is 8.63. The number of halogens is 1. The van der Waals surface area contributed by atoms with E-state index < -0.39 is 0 Å². The standard InChI is InChI=1S/C9H8BrNO/c1-2-12-9-4-7(6-11)3-8(10)5-9/h3-5H,2H2,1H3. The molecule has 0 aliphatic carbocycles. The zero-order valence-corrected chi connectivity index (χ0v) is 8.26. The van der Waals surface area contributed by atoms with Crippen molar-refractivity contribution in [1.29, 1.82) is 5.26 Å². The molecule has 0 radical (unpaired) electrons. The Labute approximate surface area is 79.9 Å². The molecule has 1 aromatic rings. The van der Waals surface area contributed by atoms with Crippen molar-refractivity contribution < 1.29 is 4.74 Å². The molecule has 0 saturated heterocycles. The van der Waals surface area contributed by atoms with E-state index in [-0.39, 0.29) is 0 Å². The average molecular weight is 226 g/mol. The molecule has 0 unspecified atom stereocenters. The number of hydrogen-bond acceptors (Lipinski definition) is 2. The Morgan fingerprint density at radius 1 is 1.50 bits per heavy atom. The van der Waals surface area contributed by atoms with Crippen molar-refractivity contribution in [2.45, 2.75) is 6.92 Å². The van der Waals surface area contributed by atoms with Gasteiger partial charge in [0.05, 0.1) is 18.2 Å². The molecule has 0 saturated carbocycles.